The van der Waals surface area contributed by atoms with Crippen LogP contribution in [0.5, 0.6) is 0 Å². The number of fused-ring (bicyclic) bond motifs is 1. The van der Waals surface area contributed by atoms with Crippen LogP contribution in [-0.2, 0) is 0 Å². The molecule has 2 aromatic heterocycles. The Morgan fingerprint density at radius 3 is 2.76 bits per heavy atom. The van der Waals surface area contributed by atoms with Crippen molar-refractivity contribution in [1.82, 2.24) is 9.97 Å². The van der Waals surface area contributed by atoms with Gasteiger partial charge in [-0.25, -0.2) is 9.37 Å². The summed E-state index contributed by atoms with van der Waals surface area (Å²) in [6.45, 7) is 0. The Labute approximate surface area is 124 Å². The fourth-order valence-electron chi connectivity index (χ4n) is 2.41. The van der Waals surface area contributed by atoms with Gasteiger partial charge in [0.1, 0.15) is 10.8 Å². The second-order valence-electron chi connectivity index (χ2n) is 4.80. The minimum absolute atomic E-state index is 0.233. The van der Waals surface area contributed by atoms with Crippen molar-refractivity contribution in [3.8, 4) is 21.8 Å². The fraction of sp³-hybridized carbons (Fsp3) is 0. The van der Waals surface area contributed by atoms with E-state index in [0.717, 1.165) is 32.7 Å². The smallest absolute Gasteiger partial charge is 0.126 e. The number of aromatic amines is 1. The normalized spacial score (nSPS) is 11.1. The maximum absolute atomic E-state index is 13.4. The highest BCUT2D eigenvalue weighted by molar-refractivity contribution is 7.13. The standard InChI is InChI=1S/C17H11FN2S/c18-12-6-7-15-13(8-12)14(9-19-15)17-20-16(10-21-17)11-4-2-1-3-5-11/h1-10,19H. The van der Waals surface area contributed by atoms with Gasteiger partial charge in [0.15, 0.2) is 0 Å². The molecule has 2 nitrogen and oxygen atoms in total. The quantitative estimate of drug-likeness (QED) is 0.547. The molecule has 0 aliphatic rings. The number of nitrogens with one attached hydrogen (secondary N) is 1. The second kappa shape index (κ2) is 4.82. The average molecular weight is 294 g/mol. The summed E-state index contributed by atoms with van der Waals surface area (Å²) in [6, 6.07) is 14.8. The molecule has 4 heteroatoms. The molecule has 0 aliphatic heterocycles. The van der Waals surface area contributed by atoms with Gasteiger partial charge in [-0.15, -0.1) is 11.3 Å². The lowest BCUT2D eigenvalue weighted by atomic mass is 10.1. The molecule has 4 aromatic rings. The van der Waals surface area contributed by atoms with Gasteiger partial charge in [0.25, 0.3) is 0 Å². The van der Waals surface area contributed by atoms with Crippen molar-refractivity contribution in [2.45, 2.75) is 0 Å². The number of aromatic nitrogens is 2. The zero-order chi connectivity index (χ0) is 14.2. The van der Waals surface area contributed by atoms with Gasteiger partial charge in [-0.1, -0.05) is 30.3 Å². The number of rotatable bonds is 2. The Kier molecular flexibility index (Phi) is 2.82. The molecule has 1 N–H and O–H groups in total. The lowest BCUT2D eigenvalue weighted by Gasteiger charge is -1.96. The van der Waals surface area contributed by atoms with Crippen molar-refractivity contribution < 1.29 is 4.39 Å². The van der Waals surface area contributed by atoms with E-state index in [1.165, 1.54) is 6.07 Å². The molecule has 0 aliphatic carbocycles. The molecule has 0 saturated carbocycles. The Morgan fingerprint density at radius 1 is 1.05 bits per heavy atom. The number of thiazole rings is 1. The summed E-state index contributed by atoms with van der Waals surface area (Å²) in [7, 11) is 0. The molecular formula is C17H11FN2S. The van der Waals surface area contributed by atoms with Crippen LogP contribution in [0.2, 0.25) is 0 Å². The van der Waals surface area contributed by atoms with Crippen LogP contribution in [0.25, 0.3) is 32.7 Å². The van der Waals surface area contributed by atoms with Gasteiger partial charge in [0.2, 0.25) is 0 Å². The van der Waals surface area contributed by atoms with Crippen LogP contribution in [-0.4, -0.2) is 9.97 Å². The minimum Gasteiger partial charge on any atom is -0.360 e. The van der Waals surface area contributed by atoms with E-state index in [0.29, 0.717) is 0 Å². The largest absolute Gasteiger partial charge is 0.360 e. The van der Waals surface area contributed by atoms with Gasteiger partial charge in [0, 0.05) is 33.6 Å². The Bertz CT molecular complexity index is 909. The van der Waals surface area contributed by atoms with Crippen molar-refractivity contribution in [1.29, 1.82) is 0 Å². The van der Waals surface area contributed by atoms with Crippen molar-refractivity contribution in [3.63, 3.8) is 0 Å². The van der Waals surface area contributed by atoms with E-state index in [1.54, 1.807) is 23.5 Å². The van der Waals surface area contributed by atoms with Crippen LogP contribution >= 0.6 is 11.3 Å². The van der Waals surface area contributed by atoms with Gasteiger partial charge < -0.3 is 4.98 Å². The highest BCUT2D eigenvalue weighted by atomic mass is 32.1. The first kappa shape index (κ1) is 12.3. The topological polar surface area (TPSA) is 28.7 Å². The van der Waals surface area contributed by atoms with E-state index in [1.807, 2.05) is 41.9 Å². The van der Waals surface area contributed by atoms with E-state index in [9.17, 15) is 4.39 Å². The predicted molar refractivity (Wildman–Crippen MR) is 84.8 cm³/mol. The number of benzene rings is 2. The monoisotopic (exact) mass is 294 g/mol. The summed E-state index contributed by atoms with van der Waals surface area (Å²) >= 11 is 1.57. The Balaban J connectivity index is 1.83. The van der Waals surface area contributed by atoms with Crippen molar-refractivity contribution >= 4 is 22.2 Å². The molecule has 0 atom stereocenters. The summed E-state index contributed by atoms with van der Waals surface area (Å²) in [4.78, 5) is 7.84. The van der Waals surface area contributed by atoms with Crippen LogP contribution in [0.3, 0.4) is 0 Å². The highest BCUT2D eigenvalue weighted by Gasteiger charge is 2.11. The molecule has 0 radical (unpaired) electrons. The summed E-state index contributed by atoms with van der Waals surface area (Å²) < 4.78 is 13.4. The molecule has 0 unspecified atom stereocenters. The van der Waals surface area contributed by atoms with Gasteiger partial charge in [-0.3, -0.25) is 0 Å². The van der Waals surface area contributed by atoms with E-state index in [2.05, 4.69) is 9.97 Å². The molecule has 2 heterocycles. The molecule has 2 aromatic carbocycles. The molecule has 102 valence electrons. The number of halogens is 1. The number of hydrogen-bond acceptors (Lipinski definition) is 2. The molecule has 0 saturated heterocycles. The second-order valence-corrected chi connectivity index (χ2v) is 5.65. The predicted octanol–water partition coefficient (Wildman–Crippen LogP) is 5.10. The van der Waals surface area contributed by atoms with Gasteiger partial charge in [-0.2, -0.15) is 0 Å². The lowest BCUT2D eigenvalue weighted by molar-refractivity contribution is 0.630. The third-order valence-electron chi connectivity index (χ3n) is 3.45. The van der Waals surface area contributed by atoms with Crippen molar-refractivity contribution in [2.24, 2.45) is 0 Å². The molecular weight excluding hydrogens is 283 g/mol. The highest BCUT2D eigenvalue weighted by Crippen LogP contribution is 2.33. The summed E-state index contributed by atoms with van der Waals surface area (Å²) in [5, 5.41) is 3.79. The molecule has 0 fully saturated rings. The SMILES string of the molecule is Fc1ccc2[nH]cc(-c3nc(-c4ccccc4)cs3)c2c1. The first-order valence-electron chi connectivity index (χ1n) is 6.59. The first-order valence-corrected chi connectivity index (χ1v) is 7.47. The third-order valence-corrected chi connectivity index (χ3v) is 4.32. The van der Waals surface area contributed by atoms with E-state index < -0.39 is 0 Å². The number of nitrogens with zero attached hydrogens (tertiary/aromatic N) is 1. The summed E-state index contributed by atoms with van der Waals surface area (Å²) in [5.74, 6) is -0.233. The maximum Gasteiger partial charge on any atom is 0.126 e. The zero-order valence-corrected chi connectivity index (χ0v) is 11.8. The van der Waals surface area contributed by atoms with Gasteiger partial charge in [-0.05, 0) is 18.2 Å². The van der Waals surface area contributed by atoms with E-state index >= 15 is 0 Å². The first-order chi connectivity index (χ1) is 10.3. The van der Waals surface area contributed by atoms with E-state index in [4.69, 9.17) is 0 Å². The summed E-state index contributed by atoms with van der Waals surface area (Å²) in [5.41, 5.74) is 3.90. The van der Waals surface area contributed by atoms with Crippen molar-refractivity contribution in [3.05, 3.63) is 65.9 Å². The maximum atomic E-state index is 13.4. The van der Waals surface area contributed by atoms with Crippen LogP contribution in [0.4, 0.5) is 4.39 Å². The molecule has 0 bridgehead atoms. The molecule has 0 spiro atoms. The van der Waals surface area contributed by atoms with Crippen LogP contribution in [0, 0.1) is 5.82 Å². The third kappa shape index (κ3) is 2.14. The minimum atomic E-state index is -0.233. The van der Waals surface area contributed by atoms with Crippen molar-refractivity contribution in [2.75, 3.05) is 0 Å². The lowest BCUT2D eigenvalue weighted by Crippen LogP contribution is -1.79. The van der Waals surface area contributed by atoms with Crippen LogP contribution in [0.15, 0.2) is 60.1 Å². The molecule has 21 heavy (non-hydrogen) atoms. The zero-order valence-electron chi connectivity index (χ0n) is 11.0. The summed E-state index contributed by atoms with van der Waals surface area (Å²) in [6.07, 6.45) is 1.89. The average Bonchev–Trinajstić information content (AvgIpc) is 3.14. The molecule has 4 rings (SSSR count). The van der Waals surface area contributed by atoms with Crippen LogP contribution in [0.1, 0.15) is 0 Å². The Hall–Kier alpha value is -2.46. The van der Waals surface area contributed by atoms with Crippen LogP contribution < -0.4 is 0 Å². The fourth-order valence-corrected chi connectivity index (χ4v) is 3.27. The van der Waals surface area contributed by atoms with Gasteiger partial charge in [0.05, 0.1) is 5.69 Å². The molecule has 0 amide bonds. The van der Waals surface area contributed by atoms with Gasteiger partial charge >= 0.3 is 0 Å². The number of H-pyrrole nitrogens is 1. The Morgan fingerprint density at radius 2 is 1.90 bits per heavy atom. The van der Waals surface area contributed by atoms with E-state index in [-0.39, 0.29) is 5.82 Å². The number of hydrogen-bond donors (Lipinski definition) is 1.